The molecule has 1 saturated carbocycles. The van der Waals surface area contributed by atoms with E-state index < -0.39 is 17.2 Å². The van der Waals surface area contributed by atoms with E-state index in [4.69, 9.17) is 10.8 Å². The highest BCUT2D eigenvalue weighted by atomic mass is 16.4. The van der Waals surface area contributed by atoms with Gasteiger partial charge in [-0.15, -0.1) is 0 Å². The van der Waals surface area contributed by atoms with E-state index in [1.807, 2.05) is 39.0 Å². The molecule has 0 radical (unpaired) electrons. The first-order valence-corrected chi connectivity index (χ1v) is 12.5. The Morgan fingerprint density at radius 1 is 1.03 bits per heavy atom. The summed E-state index contributed by atoms with van der Waals surface area (Å²) < 4.78 is 0. The molecule has 3 aromatic rings. The number of carboxylic acid groups (broad SMARTS) is 1. The van der Waals surface area contributed by atoms with Crippen LogP contribution in [0.25, 0.3) is 22.4 Å². The van der Waals surface area contributed by atoms with Gasteiger partial charge in [0.15, 0.2) is 0 Å². The second kappa shape index (κ2) is 9.06. The first kappa shape index (κ1) is 24.0. The van der Waals surface area contributed by atoms with Gasteiger partial charge >= 0.3 is 6.09 Å². The van der Waals surface area contributed by atoms with Crippen molar-refractivity contribution in [1.29, 1.82) is 0 Å². The fourth-order valence-electron chi connectivity index (χ4n) is 5.69. The minimum absolute atomic E-state index is 0.494. The van der Waals surface area contributed by atoms with Crippen LogP contribution in [0.3, 0.4) is 0 Å². The Labute approximate surface area is 212 Å². The third kappa shape index (κ3) is 4.03. The second-order valence-corrected chi connectivity index (χ2v) is 10.6. The van der Waals surface area contributed by atoms with Crippen molar-refractivity contribution in [2.75, 3.05) is 6.54 Å². The molecule has 7 nitrogen and oxygen atoms in total. The molecule has 2 heterocycles. The van der Waals surface area contributed by atoms with Crippen LogP contribution in [0.2, 0.25) is 0 Å². The third-order valence-electron chi connectivity index (χ3n) is 7.36. The average molecular weight is 484 g/mol. The Bertz CT molecular complexity index is 1310. The molecule has 1 aliphatic carbocycles. The zero-order chi connectivity index (χ0) is 25.5. The standard InChI is InChI=1S/C29H33N5O2/c1-28(2,3)34(27(35)36)29(15-7-16-29)21-12-10-20(11-13-21)25-22(19-8-5-4-6-9-19)18-23-24(32-25)14-17-31-26(23)33-30/h4-6,8-13,18H,7,14-17,30H2,1-3H3,(H,31,33)(H,35,36). The van der Waals surface area contributed by atoms with Gasteiger partial charge in [-0.2, -0.15) is 0 Å². The largest absolute Gasteiger partial charge is 0.465 e. The van der Waals surface area contributed by atoms with Crippen LogP contribution in [0.1, 0.15) is 56.9 Å². The van der Waals surface area contributed by atoms with Gasteiger partial charge in [0.05, 0.1) is 16.9 Å². The lowest BCUT2D eigenvalue weighted by atomic mass is 9.69. The van der Waals surface area contributed by atoms with Crippen LogP contribution in [0, 0.1) is 0 Å². The summed E-state index contributed by atoms with van der Waals surface area (Å²) in [6.45, 7) is 6.54. The zero-order valence-corrected chi connectivity index (χ0v) is 21.1. The lowest BCUT2D eigenvalue weighted by molar-refractivity contribution is -0.0328. The number of aromatic nitrogens is 1. The van der Waals surface area contributed by atoms with Crippen LogP contribution < -0.4 is 11.3 Å². The zero-order valence-electron chi connectivity index (χ0n) is 21.1. The molecule has 0 saturated heterocycles. The van der Waals surface area contributed by atoms with Gasteiger partial charge in [0, 0.05) is 35.2 Å². The van der Waals surface area contributed by atoms with Gasteiger partial charge in [0.25, 0.3) is 0 Å². The fourth-order valence-corrected chi connectivity index (χ4v) is 5.69. The van der Waals surface area contributed by atoms with E-state index in [0.717, 1.165) is 64.9 Å². The Morgan fingerprint density at radius 2 is 1.72 bits per heavy atom. The van der Waals surface area contributed by atoms with Crippen molar-refractivity contribution in [3.8, 4) is 22.4 Å². The smallest absolute Gasteiger partial charge is 0.408 e. The molecule has 1 fully saturated rings. The molecule has 1 amide bonds. The highest BCUT2D eigenvalue weighted by Crippen LogP contribution is 2.49. The molecule has 7 heteroatoms. The number of hydrogen-bond acceptors (Lipinski definition) is 5. The highest BCUT2D eigenvalue weighted by Gasteiger charge is 2.50. The van der Waals surface area contributed by atoms with Crippen LogP contribution in [-0.4, -0.2) is 39.0 Å². The number of amidine groups is 1. The molecule has 1 aromatic heterocycles. The van der Waals surface area contributed by atoms with Gasteiger partial charge in [-0.25, -0.2) is 10.6 Å². The SMILES string of the molecule is CC(C)(C)N(C(=O)O)C1(c2ccc(-c3nc4c(cc3-c3ccccc3)C(NN)=NCC4)cc2)CCC1. The molecule has 0 atom stereocenters. The number of nitrogens with two attached hydrogens (primary N) is 1. The Balaban J connectivity index is 1.61. The summed E-state index contributed by atoms with van der Waals surface area (Å²) in [6, 6.07) is 20.6. The number of hydrogen-bond donors (Lipinski definition) is 3. The number of nitrogens with one attached hydrogen (secondary N) is 1. The summed E-state index contributed by atoms with van der Waals surface area (Å²) in [4.78, 5) is 23.6. The van der Waals surface area contributed by atoms with E-state index in [0.29, 0.717) is 12.4 Å². The maximum absolute atomic E-state index is 12.3. The van der Waals surface area contributed by atoms with Crippen LogP contribution in [0.4, 0.5) is 4.79 Å². The van der Waals surface area contributed by atoms with E-state index in [2.05, 4.69) is 52.9 Å². The molecule has 4 N–H and O–H groups in total. The van der Waals surface area contributed by atoms with Gasteiger partial charge in [0.2, 0.25) is 0 Å². The predicted molar refractivity (Wildman–Crippen MR) is 143 cm³/mol. The number of amides is 1. The van der Waals surface area contributed by atoms with Crippen LogP contribution >= 0.6 is 0 Å². The summed E-state index contributed by atoms with van der Waals surface area (Å²) in [7, 11) is 0. The first-order chi connectivity index (χ1) is 17.2. The summed E-state index contributed by atoms with van der Waals surface area (Å²) >= 11 is 0. The van der Waals surface area contributed by atoms with E-state index in [-0.39, 0.29) is 0 Å². The van der Waals surface area contributed by atoms with Crippen molar-refractivity contribution in [1.82, 2.24) is 15.3 Å². The number of nitrogens with zero attached hydrogens (tertiary/aromatic N) is 3. The van der Waals surface area contributed by atoms with Crippen LogP contribution in [-0.2, 0) is 12.0 Å². The first-order valence-electron chi connectivity index (χ1n) is 12.5. The van der Waals surface area contributed by atoms with E-state index in [1.165, 1.54) is 0 Å². The Morgan fingerprint density at radius 3 is 2.28 bits per heavy atom. The lowest BCUT2D eigenvalue weighted by Gasteiger charge is -2.54. The van der Waals surface area contributed by atoms with E-state index in [1.54, 1.807) is 4.90 Å². The van der Waals surface area contributed by atoms with Crippen molar-refractivity contribution in [3.05, 3.63) is 77.5 Å². The van der Waals surface area contributed by atoms with Gasteiger partial charge < -0.3 is 10.5 Å². The van der Waals surface area contributed by atoms with Crippen molar-refractivity contribution in [2.45, 2.75) is 57.5 Å². The third-order valence-corrected chi connectivity index (χ3v) is 7.36. The molecule has 5 rings (SSSR count). The molecule has 0 unspecified atom stereocenters. The van der Waals surface area contributed by atoms with Crippen molar-refractivity contribution in [3.63, 3.8) is 0 Å². The maximum Gasteiger partial charge on any atom is 0.408 e. The summed E-state index contributed by atoms with van der Waals surface area (Å²) in [5.41, 5.74) is 8.64. The number of pyridine rings is 1. The lowest BCUT2D eigenvalue weighted by Crippen LogP contribution is -2.60. The Hall–Kier alpha value is -3.71. The van der Waals surface area contributed by atoms with Crippen LogP contribution in [0.5, 0.6) is 0 Å². The van der Waals surface area contributed by atoms with E-state index in [9.17, 15) is 9.90 Å². The van der Waals surface area contributed by atoms with Crippen LogP contribution in [0.15, 0.2) is 65.7 Å². The number of fused-ring (bicyclic) bond motifs is 1. The molecule has 0 spiro atoms. The second-order valence-electron chi connectivity index (χ2n) is 10.6. The highest BCUT2D eigenvalue weighted by molar-refractivity contribution is 6.02. The number of aliphatic imine (C=N–C) groups is 1. The van der Waals surface area contributed by atoms with Gasteiger partial charge in [-0.3, -0.25) is 14.9 Å². The molecule has 36 heavy (non-hydrogen) atoms. The molecule has 186 valence electrons. The molecule has 2 aliphatic rings. The minimum atomic E-state index is -0.875. The monoisotopic (exact) mass is 483 g/mol. The minimum Gasteiger partial charge on any atom is -0.465 e. The molecular weight excluding hydrogens is 450 g/mol. The molecule has 1 aliphatic heterocycles. The van der Waals surface area contributed by atoms with Crippen molar-refractivity contribution >= 4 is 11.9 Å². The summed E-state index contributed by atoms with van der Waals surface area (Å²) in [5.74, 6) is 6.41. The quantitative estimate of drug-likeness (QED) is 0.343. The number of benzene rings is 2. The van der Waals surface area contributed by atoms with Gasteiger partial charge in [-0.1, -0.05) is 54.6 Å². The fraction of sp³-hybridized carbons (Fsp3) is 0.345. The Kier molecular flexibility index (Phi) is 6.04. The summed E-state index contributed by atoms with van der Waals surface area (Å²) in [6.07, 6.45) is 2.56. The maximum atomic E-state index is 12.3. The predicted octanol–water partition coefficient (Wildman–Crippen LogP) is 5.34. The van der Waals surface area contributed by atoms with Gasteiger partial charge in [0.1, 0.15) is 5.84 Å². The molecular formula is C29H33N5O2. The normalized spacial score (nSPS) is 16.4. The van der Waals surface area contributed by atoms with Crippen molar-refractivity contribution in [2.24, 2.45) is 10.8 Å². The number of hydrazine groups is 1. The summed E-state index contributed by atoms with van der Waals surface area (Å²) in [5, 5.41) is 10.1. The topological polar surface area (TPSA) is 104 Å². The average Bonchev–Trinajstić information content (AvgIpc) is 2.84. The number of carbonyl (C=O) groups is 1. The molecule has 2 aromatic carbocycles. The van der Waals surface area contributed by atoms with Gasteiger partial charge in [-0.05, 0) is 57.2 Å². The van der Waals surface area contributed by atoms with Crippen molar-refractivity contribution < 1.29 is 9.90 Å². The van der Waals surface area contributed by atoms with E-state index >= 15 is 0 Å². The number of rotatable bonds is 4. The molecule has 0 bridgehead atoms.